The molecule has 3 N–H and O–H groups in total. The zero-order chi connectivity index (χ0) is 15.2. The van der Waals surface area contributed by atoms with E-state index in [1.807, 2.05) is 7.05 Å². The summed E-state index contributed by atoms with van der Waals surface area (Å²) in [4.78, 5) is 7.59. The van der Waals surface area contributed by atoms with Gasteiger partial charge in [0, 0.05) is 49.8 Å². The molecule has 0 amide bonds. The highest BCUT2D eigenvalue weighted by Crippen LogP contribution is 2.17. The molecule has 1 unspecified atom stereocenters. The lowest BCUT2D eigenvalue weighted by Crippen LogP contribution is -2.40. The molecule has 5 heteroatoms. The standard InChI is InChI=1S/C17H24N4O/c1-18-17(21-10-13-7-9-22-12-13)19-8-6-14-11-20-16-5-3-2-4-15(14)16/h2-5,11,13,20H,6-10,12H2,1H3,(H2,18,19,21). The summed E-state index contributed by atoms with van der Waals surface area (Å²) < 4.78 is 5.39. The van der Waals surface area contributed by atoms with E-state index < -0.39 is 0 Å². The molecule has 5 nitrogen and oxygen atoms in total. The van der Waals surface area contributed by atoms with Crippen molar-refractivity contribution in [1.82, 2.24) is 15.6 Å². The molecule has 118 valence electrons. The lowest BCUT2D eigenvalue weighted by atomic mass is 10.1. The molecule has 22 heavy (non-hydrogen) atoms. The third-order valence-electron chi connectivity index (χ3n) is 4.17. The van der Waals surface area contributed by atoms with E-state index in [2.05, 4.69) is 51.1 Å². The Kier molecular flexibility index (Phi) is 4.96. The Balaban J connectivity index is 1.46. The van der Waals surface area contributed by atoms with Gasteiger partial charge in [-0.2, -0.15) is 0 Å². The molecule has 1 saturated heterocycles. The second kappa shape index (κ2) is 7.31. The molecular formula is C17H24N4O. The predicted octanol–water partition coefficient (Wildman–Crippen LogP) is 1.91. The Morgan fingerprint density at radius 3 is 3.09 bits per heavy atom. The van der Waals surface area contributed by atoms with Crippen LogP contribution >= 0.6 is 0 Å². The summed E-state index contributed by atoms with van der Waals surface area (Å²) in [5, 5.41) is 8.06. The molecule has 1 atom stereocenters. The number of fused-ring (bicyclic) bond motifs is 1. The molecule has 1 aromatic carbocycles. The van der Waals surface area contributed by atoms with Crippen molar-refractivity contribution in [1.29, 1.82) is 0 Å². The zero-order valence-electron chi connectivity index (χ0n) is 13.1. The van der Waals surface area contributed by atoms with E-state index in [9.17, 15) is 0 Å². The van der Waals surface area contributed by atoms with Gasteiger partial charge in [-0.25, -0.2) is 0 Å². The summed E-state index contributed by atoms with van der Waals surface area (Å²) in [6.07, 6.45) is 4.20. The SMILES string of the molecule is CN=C(NCCc1c[nH]c2ccccc12)NCC1CCOC1. The normalized spacial score (nSPS) is 18.8. The summed E-state index contributed by atoms with van der Waals surface area (Å²) in [5.74, 6) is 1.47. The number of H-pyrrole nitrogens is 1. The molecule has 1 aliphatic rings. The fourth-order valence-electron chi connectivity index (χ4n) is 2.86. The van der Waals surface area contributed by atoms with Crippen LogP contribution < -0.4 is 10.6 Å². The van der Waals surface area contributed by atoms with E-state index in [1.54, 1.807) is 0 Å². The highest BCUT2D eigenvalue weighted by molar-refractivity contribution is 5.83. The van der Waals surface area contributed by atoms with Gasteiger partial charge in [-0.1, -0.05) is 18.2 Å². The van der Waals surface area contributed by atoms with Gasteiger partial charge in [0.05, 0.1) is 6.61 Å². The van der Waals surface area contributed by atoms with E-state index in [1.165, 1.54) is 16.5 Å². The van der Waals surface area contributed by atoms with Crippen LogP contribution in [-0.4, -0.2) is 44.3 Å². The van der Waals surface area contributed by atoms with E-state index in [-0.39, 0.29) is 0 Å². The van der Waals surface area contributed by atoms with Crippen molar-refractivity contribution in [2.75, 3.05) is 33.4 Å². The van der Waals surface area contributed by atoms with Gasteiger partial charge in [-0.05, 0) is 24.5 Å². The van der Waals surface area contributed by atoms with E-state index >= 15 is 0 Å². The lowest BCUT2D eigenvalue weighted by Gasteiger charge is -2.14. The number of aromatic nitrogens is 1. The average Bonchev–Trinajstić information content (AvgIpc) is 3.20. The van der Waals surface area contributed by atoms with Crippen molar-refractivity contribution in [3.05, 3.63) is 36.0 Å². The molecular weight excluding hydrogens is 276 g/mol. The molecule has 1 fully saturated rings. The smallest absolute Gasteiger partial charge is 0.190 e. The van der Waals surface area contributed by atoms with Crippen LogP contribution in [0.5, 0.6) is 0 Å². The van der Waals surface area contributed by atoms with Crippen molar-refractivity contribution in [3.63, 3.8) is 0 Å². The molecule has 3 rings (SSSR count). The molecule has 2 aromatic rings. The third kappa shape index (κ3) is 3.60. The molecule has 1 aromatic heterocycles. The second-order valence-electron chi connectivity index (χ2n) is 5.72. The first-order valence-electron chi connectivity index (χ1n) is 7.94. The number of ether oxygens (including phenoxy) is 1. The van der Waals surface area contributed by atoms with Crippen LogP contribution in [0.4, 0.5) is 0 Å². The average molecular weight is 300 g/mol. The van der Waals surface area contributed by atoms with Crippen LogP contribution in [0.1, 0.15) is 12.0 Å². The van der Waals surface area contributed by atoms with Gasteiger partial charge < -0.3 is 20.4 Å². The maximum Gasteiger partial charge on any atom is 0.190 e. The number of nitrogens with zero attached hydrogens (tertiary/aromatic N) is 1. The maximum absolute atomic E-state index is 5.39. The summed E-state index contributed by atoms with van der Waals surface area (Å²) in [5.41, 5.74) is 2.53. The van der Waals surface area contributed by atoms with Gasteiger partial charge >= 0.3 is 0 Å². The minimum absolute atomic E-state index is 0.604. The molecule has 0 aliphatic carbocycles. The van der Waals surface area contributed by atoms with Gasteiger partial charge in [-0.15, -0.1) is 0 Å². The van der Waals surface area contributed by atoms with Crippen molar-refractivity contribution >= 4 is 16.9 Å². The number of hydrogen-bond donors (Lipinski definition) is 3. The molecule has 0 bridgehead atoms. The van der Waals surface area contributed by atoms with Crippen molar-refractivity contribution in [2.45, 2.75) is 12.8 Å². The summed E-state index contributed by atoms with van der Waals surface area (Å²) in [6.45, 7) is 3.54. The molecule has 2 heterocycles. The maximum atomic E-state index is 5.39. The summed E-state index contributed by atoms with van der Waals surface area (Å²) >= 11 is 0. The van der Waals surface area contributed by atoms with Crippen LogP contribution in [0.3, 0.4) is 0 Å². The van der Waals surface area contributed by atoms with Gasteiger partial charge in [0.25, 0.3) is 0 Å². The lowest BCUT2D eigenvalue weighted by molar-refractivity contribution is 0.186. The number of para-hydroxylation sites is 1. The predicted molar refractivity (Wildman–Crippen MR) is 90.3 cm³/mol. The number of aliphatic imine (C=N–C) groups is 1. The van der Waals surface area contributed by atoms with Gasteiger partial charge in [0.1, 0.15) is 0 Å². The minimum atomic E-state index is 0.604. The fourth-order valence-corrected chi connectivity index (χ4v) is 2.86. The first-order chi connectivity index (χ1) is 10.9. The summed E-state index contributed by atoms with van der Waals surface area (Å²) in [6, 6.07) is 8.40. The Morgan fingerprint density at radius 2 is 2.27 bits per heavy atom. The Bertz CT molecular complexity index is 628. The number of benzene rings is 1. The number of rotatable bonds is 5. The van der Waals surface area contributed by atoms with Crippen LogP contribution in [-0.2, 0) is 11.2 Å². The Hall–Kier alpha value is -2.01. The molecule has 0 saturated carbocycles. The number of hydrogen-bond acceptors (Lipinski definition) is 2. The van der Waals surface area contributed by atoms with Crippen molar-refractivity contribution in [2.24, 2.45) is 10.9 Å². The second-order valence-corrected chi connectivity index (χ2v) is 5.72. The van der Waals surface area contributed by atoms with E-state index in [0.29, 0.717) is 5.92 Å². The van der Waals surface area contributed by atoms with Crippen LogP contribution in [0.25, 0.3) is 10.9 Å². The quantitative estimate of drug-likeness (QED) is 0.584. The molecule has 0 radical (unpaired) electrons. The van der Waals surface area contributed by atoms with E-state index in [0.717, 1.165) is 45.1 Å². The van der Waals surface area contributed by atoms with E-state index in [4.69, 9.17) is 4.74 Å². The zero-order valence-corrected chi connectivity index (χ0v) is 13.1. The summed E-state index contributed by atoms with van der Waals surface area (Å²) in [7, 11) is 1.81. The van der Waals surface area contributed by atoms with Crippen molar-refractivity contribution < 1.29 is 4.74 Å². The number of guanidine groups is 1. The van der Waals surface area contributed by atoms with Crippen molar-refractivity contribution in [3.8, 4) is 0 Å². The highest BCUT2D eigenvalue weighted by Gasteiger charge is 2.15. The van der Waals surface area contributed by atoms with Crippen LogP contribution in [0.15, 0.2) is 35.5 Å². The first kappa shape index (κ1) is 14.9. The third-order valence-corrected chi connectivity index (χ3v) is 4.17. The van der Waals surface area contributed by atoms with Crippen LogP contribution in [0.2, 0.25) is 0 Å². The number of nitrogens with one attached hydrogen (secondary N) is 3. The van der Waals surface area contributed by atoms with Gasteiger partial charge in [-0.3, -0.25) is 4.99 Å². The fraction of sp³-hybridized carbons (Fsp3) is 0.471. The Labute approximate surface area is 131 Å². The van der Waals surface area contributed by atoms with Gasteiger partial charge in [0.2, 0.25) is 0 Å². The Morgan fingerprint density at radius 1 is 1.36 bits per heavy atom. The molecule has 1 aliphatic heterocycles. The highest BCUT2D eigenvalue weighted by atomic mass is 16.5. The number of aromatic amines is 1. The first-order valence-corrected chi connectivity index (χ1v) is 7.94. The monoisotopic (exact) mass is 300 g/mol. The molecule has 0 spiro atoms. The largest absolute Gasteiger partial charge is 0.381 e. The topological polar surface area (TPSA) is 61.4 Å². The van der Waals surface area contributed by atoms with Gasteiger partial charge in [0.15, 0.2) is 5.96 Å². The minimum Gasteiger partial charge on any atom is -0.381 e. The van der Waals surface area contributed by atoms with Crippen LogP contribution in [0, 0.1) is 5.92 Å².